The van der Waals surface area contributed by atoms with E-state index in [1.807, 2.05) is 0 Å². The Bertz CT molecular complexity index is 451. The van der Waals surface area contributed by atoms with Gasteiger partial charge in [0.2, 0.25) is 0 Å². The summed E-state index contributed by atoms with van der Waals surface area (Å²) in [5.74, 6) is 2.45. The Kier molecular flexibility index (Phi) is 6.29. The second-order valence-electron chi connectivity index (χ2n) is 6.92. The van der Waals surface area contributed by atoms with E-state index < -0.39 is 0 Å². The Morgan fingerprint density at radius 2 is 1.65 bits per heavy atom. The van der Waals surface area contributed by atoms with Crippen LogP contribution < -0.4 is 10.1 Å². The van der Waals surface area contributed by atoms with Gasteiger partial charge in [0.1, 0.15) is 11.6 Å². The molecule has 0 aromatic heterocycles. The predicted molar refractivity (Wildman–Crippen MR) is 91.3 cm³/mol. The fourth-order valence-electron chi connectivity index (χ4n) is 3.97. The molecule has 2 saturated heterocycles. The highest BCUT2D eigenvalue weighted by Crippen LogP contribution is 2.30. The zero-order valence-electron chi connectivity index (χ0n) is 14.0. The molecule has 23 heavy (non-hydrogen) atoms. The van der Waals surface area contributed by atoms with Crippen molar-refractivity contribution in [2.45, 2.75) is 32.1 Å². The molecular weight excluding hydrogens is 291 g/mol. The maximum absolute atomic E-state index is 12.8. The molecule has 0 aliphatic carbocycles. The minimum atomic E-state index is -0.214. The molecule has 2 fully saturated rings. The molecule has 1 aromatic rings. The third-order valence-corrected chi connectivity index (χ3v) is 5.38. The fourth-order valence-corrected chi connectivity index (χ4v) is 3.97. The van der Waals surface area contributed by atoms with Gasteiger partial charge in [-0.25, -0.2) is 4.39 Å². The quantitative estimate of drug-likeness (QED) is 0.814. The molecule has 1 aromatic carbocycles. The summed E-state index contributed by atoms with van der Waals surface area (Å²) >= 11 is 0. The molecular formula is C19H29FN2O. The van der Waals surface area contributed by atoms with Crippen LogP contribution in [-0.4, -0.2) is 44.2 Å². The smallest absolute Gasteiger partial charge is 0.123 e. The van der Waals surface area contributed by atoms with E-state index in [1.165, 1.54) is 64.0 Å². The SMILES string of the molecule is Fc1ccc(OCCCN2CCC(C3CCNCC3)CC2)cc1. The molecule has 1 N–H and O–H groups in total. The lowest BCUT2D eigenvalue weighted by molar-refractivity contribution is 0.125. The van der Waals surface area contributed by atoms with E-state index in [1.54, 1.807) is 12.1 Å². The fraction of sp³-hybridized carbons (Fsp3) is 0.684. The van der Waals surface area contributed by atoms with Gasteiger partial charge in [-0.2, -0.15) is 0 Å². The van der Waals surface area contributed by atoms with Crippen LogP contribution in [0.4, 0.5) is 4.39 Å². The zero-order valence-corrected chi connectivity index (χ0v) is 14.0. The first-order valence-corrected chi connectivity index (χ1v) is 9.13. The van der Waals surface area contributed by atoms with Gasteiger partial charge in [-0.05, 0) is 94.4 Å². The summed E-state index contributed by atoms with van der Waals surface area (Å²) in [6.07, 6.45) is 6.51. The zero-order chi connectivity index (χ0) is 15.9. The van der Waals surface area contributed by atoms with Gasteiger partial charge in [0, 0.05) is 6.54 Å². The minimum Gasteiger partial charge on any atom is -0.494 e. The van der Waals surface area contributed by atoms with Crippen molar-refractivity contribution in [3.63, 3.8) is 0 Å². The topological polar surface area (TPSA) is 24.5 Å². The van der Waals surface area contributed by atoms with Gasteiger partial charge in [0.15, 0.2) is 0 Å². The number of likely N-dealkylation sites (tertiary alicyclic amines) is 1. The second kappa shape index (κ2) is 8.65. The first-order valence-electron chi connectivity index (χ1n) is 9.13. The van der Waals surface area contributed by atoms with Crippen LogP contribution in [0.1, 0.15) is 32.1 Å². The number of nitrogens with zero attached hydrogens (tertiary/aromatic N) is 1. The summed E-state index contributed by atoms with van der Waals surface area (Å²) < 4.78 is 18.5. The van der Waals surface area contributed by atoms with Gasteiger partial charge in [-0.15, -0.1) is 0 Å². The van der Waals surface area contributed by atoms with E-state index in [0.717, 1.165) is 30.6 Å². The molecule has 0 radical (unpaired) electrons. The number of halogens is 1. The first-order chi connectivity index (χ1) is 11.3. The van der Waals surface area contributed by atoms with E-state index in [-0.39, 0.29) is 5.82 Å². The maximum atomic E-state index is 12.8. The Hall–Kier alpha value is -1.13. The van der Waals surface area contributed by atoms with Crippen molar-refractivity contribution in [1.82, 2.24) is 10.2 Å². The van der Waals surface area contributed by atoms with E-state index >= 15 is 0 Å². The van der Waals surface area contributed by atoms with E-state index in [9.17, 15) is 4.39 Å². The van der Waals surface area contributed by atoms with Crippen molar-refractivity contribution < 1.29 is 9.13 Å². The molecule has 2 aliphatic rings. The largest absolute Gasteiger partial charge is 0.494 e. The van der Waals surface area contributed by atoms with Crippen LogP contribution in [0.2, 0.25) is 0 Å². The molecule has 2 heterocycles. The molecule has 3 nitrogen and oxygen atoms in total. The predicted octanol–water partition coefficient (Wildman–Crippen LogP) is 3.31. The van der Waals surface area contributed by atoms with Crippen LogP contribution >= 0.6 is 0 Å². The number of piperidine rings is 2. The highest BCUT2D eigenvalue weighted by molar-refractivity contribution is 5.21. The second-order valence-corrected chi connectivity index (χ2v) is 6.92. The lowest BCUT2D eigenvalue weighted by Gasteiger charge is -2.37. The number of hydrogen-bond acceptors (Lipinski definition) is 3. The number of benzene rings is 1. The van der Waals surface area contributed by atoms with Crippen LogP contribution in [0, 0.1) is 17.7 Å². The lowest BCUT2D eigenvalue weighted by Crippen LogP contribution is -2.39. The normalized spacial score (nSPS) is 21.4. The van der Waals surface area contributed by atoms with E-state index in [4.69, 9.17) is 4.74 Å². The molecule has 0 bridgehead atoms. The van der Waals surface area contributed by atoms with Crippen molar-refractivity contribution in [2.75, 3.05) is 39.3 Å². The van der Waals surface area contributed by atoms with Gasteiger partial charge >= 0.3 is 0 Å². The van der Waals surface area contributed by atoms with Gasteiger partial charge < -0.3 is 15.0 Å². The summed E-state index contributed by atoms with van der Waals surface area (Å²) in [5.41, 5.74) is 0. The molecule has 2 aliphatic heterocycles. The Morgan fingerprint density at radius 1 is 1.00 bits per heavy atom. The van der Waals surface area contributed by atoms with Crippen LogP contribution in [0.15, 0.2) is 24.3 Å². The summed E-state index contributed by atoms with van der Waals surface area (Å²) in [4.78, 5) is 2.57. The molecule has 0 spiro atoms. The van der Waals surface area contributed by atoms with Gasteiger partial charge in [0.25, 0.3) is 0 Å². The van der Waals surface area contributed by atoms with Crippen molar-refractivity contribution in [1.29, 1.82) is 0 Å². The van der Waals surface area contributed by atoms with E-state index in [0.29, 0.717) is 6.61 Å². The molecule has 0 atom stereocenters. The third kappa shape index (κ3) is 5.18. The van der Waals surface area contributed by atoms with Crippen LogP contribution in [0.3, 0.4) is 0 Å². The minimum absolute atomic E-state index is 0.214. The average Bonchev–Trinajstić information content (AvgIpc) is 2.62. The van der Waals surface area contributed by atoms with Crippen LogP contribution in [0.5, 0.6) is 5.75 Å². The Morgan fingerprint density at radius 3 is 2.35 bits per heavy atom. The molecule has 0 saturated carbocycles. The molecule has 3 rings (SSSR count). The van der Waals surface area contributed by atoms with Crippen LogP contribution in [-0.2, 0) is 0 Å². The first kappa shape index (κ1) is 16.7. The molecule has 4 heteroatoms. The Labute approximate surface area is 139 Å². The molecule has 0 unspecified atom stereocenters. The van der Waals surface area contributed by atoms with E-state index in [2.05, 4.69) is 10.2 Å². The molecule has 128 valence electrons. The van der Waals surface area contributed by atoms with Crippen molar-refractivity contribution >= 4 is 0 Å². The van der Waals surface area contributed by atoms with Crippen molar-refractivity contribution in [2.24, 2.45) is 11.8 Å². The average molecular weight is 320 g/mol. The highest BCUT2D eigenvalue weighted by Gasteiger charge is 2.27. The summed E-state index contributed by atoms with van der Waals surface area (Å²) in [7, 11) is 0. The summed E-state index contributed by atoms with van der Waals surface area (Å²) in [5, 5.41) is 3.47. The van der Waals surface area contributed by atoms with Gasteiger partial charge in [-0.3, -0.25) is 0 Å². The van der Waals surface area contributed by atoms with Gasteiger partial charge in [0.05, 0.1) is 6.61 Å². The summed E-state index contributed by atoms with van der Waals surface area (Å²) in [6.45, 7) is 6.73. The monoisotopic (exact) mass is 320 g/mol. The van der Waals surface area contributed by atoms with Crippen molar-refractivity contribution in [3.8, 4) is 5.75 Å². The third-order valence-electron chi connectivity index (χ3n) is 5.38. The Balaban J connectivity index is 1.29. The number of hydrogen-bond donors (Lipinski definition) is 1. The van der Waals surface area contributed by atoms with Gasteiger partial charge in [-0.1, -0.05) is 0 Å². The van der Waals surface area contributed by atoms with Crippen LogP contribution in [0.25, 0.3) is 0 Å². The highest BCUT2D eigenvalue weighted by atomic mass is 19.1. The summed E-state index contributed by atoms with van der Waals surface area (Å²) in [6, 6.07) is 6.28. The molecule has 0 amide bonds. The maximum Gasteiger partial charge on any atom is 0.123 e. The number of ether oxygens (including phenoxy) is 1. The number of rotatable bonds is 6. The number of nitrogens with one attached hydrogen (secondary N) is 1. The van der Waals surface area contributed by atoms with Crippen molar-refractivity contribution in [3.05, 3.63) is 30.1 Å². The lowest BCUT2D eigenvalue weighted by atomic mass is 9.79. The standard InChI is InChI=1S/C19H29FN2O/c20-18-2-4-19(5-3-18)23-15-1-12-22-13-8-17(9-14-22)16-6-10-21-11-7-16/h2-5,16-17,21H,1,6-15H2.